The summed E-state index contributed by atoms with van der Waals surface area (Å²) in [7, 11) is 0. The van der Waals surface area contributed by atoms with Crippen LogP contribution in [0.1, 0.15) is 62.1 Å². The molecule has 1 atom stereocenters. The number of halogens is 1. The minimum atomic E-state index is 0.612. The van der Waals surface area contributed by atoms with Crippen molar-refractivity contribution in [3.63, 3.8) is 0 Å². The van der Waals surface area contributed by atoms with E-state index in [0.29, 0.717) is 17.9 Å². The Labute approximate surface area is 193 Å². The van der Waals surface area contributed by atoms with Gasteiger partial charge in [0.05, 0.1) is 6.61 Å². The van der Waals surface area contributed by atoms with Gasteiger partial charge in [0.25, 0.3) is 0 Å². The van der Waals surface area contributed by atoms with Crippen molar-refractivity contribution in [3.05, 3.63) is 64.2 Å². The Balaban J connectivity index is 1.18. The highest BCUT2D eigenvalue weighted by Crippen LogP contribution is 2.29. The van der Waals surface area contributed by atoms with Crippen molar-refractivity contribution in [3.8, 4) is 5.75 Å². The lowest BCUT2D eigenvalue weighted by Crippen LogP contribution is -2.34. The number of rotatable bonds is 7. The van der Waals surface area contributed by atoms with Crippen molar-refractivity contribution in [2.75, 3.05) is 26.2 Å². The summed E-state index contributed by atoms with van der Waals surface area (Å²) in [5.41, 5.74) is 4.32. The minimum absolute atomic E-state index is 0.612. The third-order valence-corrected chi connectivity index (χ3v) is 7.33. The Bertz CT molecular complexity index is 828. The lowest BCUT2D eigenvalue weighted by molar-refractivity contribution is 0.193. The van der Waals surface area contributed by atoms with Crippen molar-refractivity contribution >= 4 is 11.6 Å². The molecule has 1 saturated heterocycles. The fraction of sp³-hybridized carbons (Fsp3) is 0.556. The molecule has 0 amide bonds. The maximum absolute atomic E-state index is 6.11. The molecule has 1 unspecified atom stereocenters. The van der Waals surface area contributed by atoms with Gasteiger partial charge in [-0.05, 0) is 98.0 Å². The van der Waals surface area contributed by atoms with Crippen LogP contribution in [0.5, 0.6) is 5.75 Å². The smallest absolute Gasteiger partial charge is 0.119 e. The van der Waals surface area contributed by atoms with E-state index in [1.807, 2.05) is 12.1 Å². The summed E-state index contributed by atoms with van der Waals surface area (Å²) in [4.78, 5) is 2.59. The number of benzene rings is 2. The number of aryl methyl sites for hydroxylation is 1. The third kappa shape index (κ3) is 6.25. The number of nitrogens with zero attached hydrogens (tertiary/aromatic N) is 1. The van der Waals surface area contributed by atoms with Gasteiger partial charge in [-0.2, -0.15) is 0 Å². The number of likely N-dealkylation sites (tertiary alicyclic amines) is 1. The number of hydrogen-bond acceptors (Lipinski definition) is 3. The molecule has 0 aromatic heterocycles. The standard InChI is InChI=1S/C27H37ClN2O/c1-20(2)27-11-7-22-6-10-26(18-24(22)19-29-27)31-17-3-14-30-15-12-23(13-16-30)21-4-8-25(28)9-5-21/h4-6,8-10,18,20,23,27,29H,3,7,11-17,19H2,1-2H3. The van der Waals surface area contributed by atoms with Gasteiger partial charge in [0.2, 0.25) is 0 Å². The zero-order chi connectivity index (χ0) is 21.6. The maximum Gasteiger partial charge on any atom is 0.119 e. The summed E-state index contributed by atoms with van der Waals surface area (Å²) in [6, 6.07) is 15.7. The first kappa shape index (κ1) is 22.6. The van der Waals surface area contributed by atoms with Gasteiger partial charge < -0.3 is 15.0 Å². The zero-order valence-electron chi connectivity index (χ0n) is 19.1. The molecule has 0 bridgehead atoms. The molecule has 2 aromatic rings. The second kappa shape index (κ2) is 10.8. The number of ether oxygens (including phenoxy) is 1. The van der Waals surface area contributed by atoms with Crippen LogP contribution in [0.3, 0.4) is 0 Å². The van der Waals surface area contributed by atoms with Gasteiger partial charge in [-0.25, -0.2) is 0 Å². The SMILES string of the molecule is CC(C)C1CCc2ccc(OCCCN3CCC(c4ccc(Cl)cc4)CC3)cc2CN1. The van der Waals surface area contributed by atoms with Gasteiger partial charge in [0, 0.05) is 24.2 Å². The summed E-state index contributed by atoms with van der Waals surface area (Å²) < 4.78 is 6.11. The van der Waals surface area contributed by atoms with E-state index < -0.39 is 0 Å². The van der Waals surface area contributed by atoms with E-state index in [2.05, 4.69) is 54.4 Å². The fourth-order valence-corrected chi connectivity index (χ4v) is 5.15. The van der Waals surface area contributed by atoms with Crippen molar-refractivity contribution < 1.29 is 4.74 Å². The van der Waals surface area contributed by atoms with Crippen LogP contribution >= 0.6 is 11.6 Å². The summed E-state index contributed by atoms with van der Waals surface area (Å²) in [5, 5.41) is 4.55. The van der Waals surface area contributed by atoms with Crippen LogP contribution in [0.25, 0.3) is 0 Å². The minimum Gasteiger partial charge on any atom is -0.494 e. The van der Waals surface area contributed by atoms with E-state index in [0.717, 1.165) is 43.3 Å². The van der Waals surface area contributed by atoms with E-state index >= 15 is 0 Å². The second-order valence-corrected chi connectivity index (χ2v) is 10.0. The Kier molecular flexibility index (Phi) is 7.92. The van der Waals surface area contributed by atoms with Crippen LogP contribution in [0, 0.1) is 5.92 Å². The predicted octanol–water partition coefficient (Wildman–Crippen LogP) is 6.05. The van der Waals surface area contributed by atoms with E-state index in [4.69, 9.17) is 16.3 Å². The molecular formula is C27H37ClN2O. The molecule has 1 fully saturated rings. The average Bonchev–Trinajstić information content (AvgIpc) is 3.00. The summed E-state index contributed by atoms with van der Waals surface area (Å²) in [6.07, 6.45) is 5.93. The van der Waals surface area contributed by atoms with Gasteiger partial charge in [-0.3, -0.25) is 0 Å². The molecule has 4 rings (SSSR count). The maximum atomic E-state index is 6.11. The van der Waals surface area contributed by atoms with Crippen LogP contribution in [0.4, 0.5) is 0 Å². The van der Waals surface area contributed by atoms with Gasteiger partial charge in [-0.1, -0.05) is 43.6 Å². The van der Waals surface area contributed by atoms with Gasteiger partial charge in [0.1, 0.15) is 5.75 Å². The molecule has 168 valence electrons. The van der Waals surface area contributed by atoms with Crippen molar-refractivity contribution in [1.29, 1.82) is 0 Å². The largest absolute Gasteiger partial charge is 0.494 e. The Morgan fingerprint density at radius 2 is 1.81 bits per heavy atom. The van der Waals surface area contributed by atoms with Gasteiger partial charge >= 0.3 is 0 Å². The summed E-state index contributed by atoms with van der Waals surface area (Å²) >= 11 is 6.02. The highest BCUT2D eigenvalue weighted by atomic mass is 35.5. The summed E-state index contributed by atoms with van der Waals surface area (Å²) in [6.45, 7) is 9.83. The molecule has 0 spiro atoms. The Hall–Kier alpha value is -1.55. The fourth-order valence-electron chi connectivity index (χ4n) is 5.03. The van der Waals surface area contributed by atoms with E-state index in [1.165, 1.54) is 49.0 Å². The highest BCUT2D eigenvalue weighted by Gasteiger charge is 2.21. The van der Waals surface area contributed by atoms with Gasteiger partial charge in [-0.15, -0.1) is 0 Å². The monoisotopic (exact) mass is 440 g/mol. The van der Waals surface area contributed by atoms with Crippen LogP contribution in [0.15, 0.2) is 42.5 Å². The molecule has 4 heteroatoms. The highest BCUT2D eigenvalue weighted by molar-refractivity contribution is 6.30. The average molecular weight is 441 g/mol. The molecule has 31 heavy (non-hydrogen) atoms. The molecular weight excluding hydrogens is 404 g/mol. The van der Waals surface area contributed by atoms with Gasteiger partial charge in [0.15, 0.2) is 0 Å². The topological polar surface area (TPSA) is 24.5 Å². The second-order valence-electron chi connectivity index (χ2n) is 9.57. The predicted molar refractivity (Wildman–Crippen MR) is 130 cm³/mol. The molecule has 2 aliphatic rings. The molecule has 2 aliphatic heterocycles. The van der Waals surface area contributed by atoms with Crippen LogP contribution in [-0.4, -0.2) is 37.2 Å². The molecule has 0 aliphatic carbocycles. The first-order chi connectivity index (χ1) is 15.1. The normalized spacial score (nSPS) is 20.5. The zero-order valence-corrected chi connectivity index (χ0v) is 19.8. The lowest BCUT2D eigenvalue weighted by atomic mass is 9.89. The molecule has 0 radical (unpaired) electrons. The van der Waals surface area contributed by atoms with Crippen molar-refractivity contribution in [1.82, 2.24) is 10.2 Å². The third-order valence-electron chi connectivity index (χ3n) is 7.08. The number of piperidine rings is 1. The molecule has 0 saturated carbocycles. The molecule has 3 nitrogen and oxygen atoms in total. The van der Waals surface area contributed by atoms with Crippen molar-refractivity contribution in [2.45, 2.75) is 64.5 Å². The lowest BCUT2D eigenvalue weighted by Gasteiger charge is -2.32. The first-order valence-corrected chi connectivity index (χ1v) is 12.4. The Morgan fingerprint density at radius 3 is 2.55 bits per heavy atom. The Morgan fingerprint density at radius 1 is 1.03 bits per heavy atom. The number of nitrogens with one attached hydrogen (secondary N) is 1. The van der Waals surface area contributed by atoms with Crippen molar-refractivity contribution in [2.24, 2.45) is 5.92 Å². The molecule has 2 heterocycles. The van der Waals surface area contributed by atoms with Crippen LogP contribution in [0.2, 0.25) is 5.02 Å². The van der Waals surface area contributed by atoms with Crippen LogP contribution < -0.4 is 10.1 Å². The van der Waals surface area contributed by atoms with E-state index in [1.54, 1.807) is 0 Å². The van der Waals surface area contributed by atoms with E-state index in [-0.39, 0.29) is 0 Å². The van der Waals surface area contributed by atoms with E-state index in [9.17, 15) is 0 Å². The number of fused-ring (bicyclic) bond motifs is 1. The number of hydrogen-bond donors (Lipinski definition) is 1. The molecule has 2 aromatic carbocycles. The summed E-state index contributed by atoms with van der Waals surface area (Å²) in [5.74, 6) is 2.37. The quantitative estimate of drug-likeness (QED) is 0.530. The first-order valence-electron chi connectivity index (χ1n) is 12.0. The molecule has 1 N–H and O–H groups in total. The van der Waals surface area contributed by atoms with Crippen LogP contribution in [-0.2, 0) is 13.0 Å².